The van der Waals surface area contributed by atoms with E-state index >= 15 is 0 Å². The Morgan fingerprint density at radius 2 is 1.92 bits per heavy atom. The Balaban J connectivity index is 1.62. The first-order valence-electron chi connectivity index (χ1n) is 7.83. The van der Waals surface area contributed by atoms with E-state index in [0.717, 1.165) is 33.3 Å². The number of H-pyrrole nitrogens is 1. The number of fused-ring (bicyclic) bond motifs is 1. The van der Waals surface area contributed by atoms with Crippen LogP contribution in [0.25, 0.3) is 10.9 Å². The van der Waals surface area contributed by atoms with Gasteiger partial charge in [0.15, 0.2) is 6.61 Å². The lowest BCUT2D eigenvalue weighted by atomic mass is 10.1. The lowest BCUT2D eigenvalue weighted by Crippen LogP contribution is -2.25. The van der Waals surface area contributed by atoms with Crippen molar-refractivity contribution in [3.63, 3.8) is 0 Å². The van der Waals surface area contributed by atoms with Gasteiger partial charge >= 0.3 is 0 Å². The number of halogens is 1. The van der Waals surface area contributed by atoms with Gasteiger partial charge < -0.3 is 9.72 Å². The summed E-state index contributed by atoms with van der Waals surface area (Å²) in [5, 5.41) is 5.39. The maximum absolute atomic E-state index is 11.9. The SMILES string of the molecule is Cc1cccc(C)c1OCC(=O)NN=Cc1c(Cl)[nH]c2ccccc12. The monoisotopic (exact) mass is 355 g/mol. The van der Waals surface area contributed by atoms with E-state index in [4.69, 9.17) is 16.3 Å². The van der Waals surface area contributed by atoms with Crippen LogP contribution < -0.4 is 10.2 Å². The molecule has 128 valence electrons. The van der Waals surface area contributed by atoms with Gasteiger partial charge in [-0.15, -0.1) is 0 Å². The van der Waals surface area contributed by atoms with E-state index in [1.807, 2.05) is 56.3 Å². The third-order valence-electron chi connectivity index (χ3n) is 3.84. The number of hydrogen-bond donors (Lipinski definition) is 2. The molecule has 0 aliphatic heterocycles. The summed E-state index contributed by atoms with van der Waals surface area (Å²) < 4.78 is 5.59. The van der Waals surface area contributed by atoms with Crippen molar-refractivity contribution in [3.8, 4) is 5.75 Å². The molecule has 0 spiro atoms. The Morgan fingerprint density at radius 1 is 1.20 bits per heavy atom. The van der Waals surface area contributed by atoms with Gasteiger partial charge in [-0.2, -0.15) is 5.10 Å². The summed E-state index contributed by atoms with van der Waals surface area (Å²) >= 11 is 6.17. The van der Waals surface area contributed by atoms with Crippen molar-refractivity contribution in [1.29, 1.82) is 0 Å². The van der Waals surface area contributed by atoms with Crippen LogP contribution in [-0.2, 0) is 4.79 Å². The molecule has 0 aliphatic carbocycles. The summed E-state index contributed by atoms with van der Waals surface area (Å²) in [4.78, 5) is 15.0. The Morgan fingerprint density at radius 3 is 2.68 bits per heavy atom. The minimum Gasteiger partial charge on any atom is -0.483 e. The highest BCUT2D eigenvalue weighted by Crippen LogP contribution is 2.24. The molecule has 0 aliphatic rings. The second-order valence-electron chi connectivity index (χ2n) is 5.70. The number of aryl methyl sites for hydroxylation is 2. The van der Waals surface area contributed by atoms with Gasteiger partial charge in [0, 0.05) is 16.5 Å². The highest BCUT2D eigenvalue weighted by atomic mass is 35.5. The molecule has 0 saturated carbocycles. The molecule has 0 saturated heterocycles. The maximum Gasteiger partial charge on any atom is 0.277 e. The van der Waals surface area contributed by atoms with Crippen molar-refractivity contribution in [2.45, 2.75) is 13.8 Å². The summed E-state index contributed by atoms with van der Waals surface area (Å²) in [6.07, 6.45) is 1.53. The maximum atomic E-state index is 11.9. The van der Waals surface area contributed by atoms with E-state index < -0.39 is 0 Å². The van der Waals surface area contributed by atoms with Gasteiger partial charge in [0.05, 0.1) is 6.21 Å². The van der Waals surface area contributed by atoms with Crippen LogP contribution in [0.2, 0.25) is 5.15 Å². The van der Waals surface area contributed by atoms with Gasteiger partial charge in [0.1, 0.15) is 10.9 Å². The van der Waals surface area contributed by atoms with Crippen LogP contribution in [-0.4, -0.2) is 23.7 Å². The average Bonchev–Trinajstić information content (AvgIpc) is 2.90. The topological polar surface area (TPSA) is 66.5 Å². The molecule has 2 N–H and O–H groups in total. The van der Waals surface area contributed by atoms with E-state index in [0.29, 0.717) is 5.15 Å². The number of benzene rings is 2. The fourth-order valence-corrected chi connectivity index (χ4v) is 2.88. The van der Waals surface area contributed by atoms with Crippen LogP contribution in [0.4, 0.5) is 0 Å². The molecule has 5 nitrogen and oxygen atoms in total. The fourth-order valence-electron chi connectivity index (χ4n) is 2.62. The molecule has 1 heterocycles. The van der Waals surface area contributed by atoms with Crippen LogP contribution >= 0.6 is 11.6 Å². The van der Waals surface area contributed by atoms with E-state index in [1.165, 1.54) is 6.21 Å². The number of nitrogens with one attached hydrogen (secondary N) is 2. The number of nitrogens with zero attached hydrogens (tertiary/aromatic N) is 1. The van der Waals surface area contributed by atoms with Crippen LogP contribution in [0.5, 0.6) is 5.75 Å². The zero-order valence-electron chi connectivity index (χ0n) is 14.0. The normalized spacial score (nSPS) is 11.2. The Labute approximate surface area is 150 Å². The number of carbonyl (C=O) groups is 1. The first kappa shape index (κ1) is 17.0. The van der Waals surface area contributed by atoms with Gasteiger partial charge in [0.2, 0.25) is 0 Å². The number of amides is 1. The molecular formula is C19H18ClN3O2. The third kappa shape index (κ3) is 3.83. The second kappa shape index (κ2) is 7.40. The predicted octanol–water partition coefficient (Wildman–Crippen LogP) is 3.97. The number of ether oxygens (including phenoxy) is 1. The smallest absolute Gasteiger partial charge is 0.277 e. The molecule has 1 aromatic heterocycles. The molecule has 1 amide bonds. The largest absolute Gasteiger partial charge is 0.483 e. The van der Waals surface area contributed by atoms with Gasteiger partial charge in [0.25, 0.3) is 5.91 Å². The summed E-state index contributed by atoms with van der Waals surface area (Å²) in [6.45, 7) is 3.78. The van der Waals surface area contributed by atoms with Crippen molar-refractivity contribution >= 4 is 34.6 Å². The summed E-state index contributed by atoms with van der Waals surface area (Å²) in [5.41, 5.74) is 6.08. The molecule has 6 heteroatoms. The molecule has 0 radical (unpaired) electrons. The van der Waals surface area contributed by atoms with E-state index in [9.17, 15) is 4.79 Å². The van der Waals surface area contributed by atoms with Crippen molar-refractivity contribution in [1.82, 2.24) is 10.4 Å². The summed E-state index contributed by atoms with van der Waals surface area (Å²) in [7, 11) is 0. The Kier molecular flexibility index (Phi) is 5.05. The minimum atomic E-state index is -0.338. The lowest BCUT2D eigenvalue weighted by Gasteiger charge is -2.10. The quantitative estimate of drug-likeness (QED) is 0.537. The lowest BCUT2D eigenvalue weighted by molar-refractivity contribution is -0.123. The van der Waals surface area contributed by atoms with Gasteiger partial charge in [-0.25, -0.2) is 5.43 Å². The van der Waals surface area contributed by atoms with Gasteiger partial charge in [-0.05, 0) is 31.0 Å². The molecule has 2 aromatic carbocycles. The highest BCUT2D eigenvalue weighted by molar-refractivity contribution is 6.34. The number of aromatic nitrogens is 1. The molecule has 0 bridgehead atoms. The number of rotatable bonds is 5. The first-order valence-corrected chi connectivity index (χ1v) is 8.21. The molecule has 0 unspecified atom stereocenters. The molecule has 0 atom stereocenters. The van der Waals surface area contributed by atoms with E-state index in [-0.39, 0.29) is 12.5 Å². The van der Waals surface area contributed by atoms with E-state index in [1.54, 1.807) is 0 Å². The predicted molar refractivity (Wildman–Crippen MR) is 100 cm³/mol. The Hall–Kier alpha value is -2.79. The number of carbonyl (C=O) groups excluding carboxylic acids is 1. The summed E-state index contributed by atoms with van der Waals surface area (Å²) in [6, 6.07) is 13.5. The van der Waals surface area contributed by atoms with Crippen LogP contribution in [0, 0.1) is 13.8 Å². The number of hydrogen-bond acceptors (Lipinski definition) is 3. The van der Waals surface area contributed by atoms with Gasteiger partial charge in [-0.3, -0.25) is 4.79 Å². The summed E-state index contributed by atoms with van der Waals surface area (Å²) in [5.74, 6) is 0.385. The minimum absolute atomic E-state index is 0.106. The molecule has 3 rings (SSSR count). The number of hydrazone groups is 1. The molecule has 3 aromatic rings. The zero-order valence-corrected chi connectivity index (χ0v) is 14.7. The second-order valence-corrected chi connectivity index (χ2v) is 6.08. The average molecular weight is 356 g/mol. The molecule has 25 heavy (non-hydrogen) atoms. The van der Waals surface area contributed by atoms with Crippen molar-refractivity contribution in [2.24, 2.45) is 5.10 Å². The van der Waals surface area contributed by atoms with Crippen molar-refractivity contribution in [2.75, 3.05) is 6.61 Å². The fraction of sp³-hybridized carbons (Fsp3) is 0.158. The Bertz CT molecular complexity index is 927. The number of para-hydroxylation sites is 2. The third-order valence-corrected chi connectivity index (χ3v) is 4.14. The first-order chi connectivity index (χ1) is 12.1. The van der Waals surface area contributed by atoms with Crippen molar-refractivity contribution < 1.29 is 9.53 Å². The highest BCUT2D eigenvalue weighted by Gasteiger charge is 2.08. The standard InChI is InChI=1S/C19H18ClN3O2/c1-12-6-5-7-13(2)18(12)25-11-17(24)23-21-10-15-14-8-3-4-9-16(14)22-19(15)20/h3-10,22H,11H2,1-2H3,(H,23,24). The molecule has 0 fully saturated rings. The van der Waals surface area contributed by atoms with Crippen LogP contribution in [0.3, 0.4) is 0 Å². The van der Waals surface area contributed by atoms with Crippen LogP contribution in [0.1, 0.15) is 16.7 Å². The zero-order chi connectivity index (χ0) is 17.8. The van der Waals surface area contributed by atoms with Gasteiger partial charge in [-0.1, -0.05) is 48.0 Å². The van der Waals surface area contributed by atoms with Crippen LogP contribution in [0.15, 0.2) is 47.6 Å². The van der Waals surface area contributed by atoms with Crippen molar-refractivity contribution in [3.05, 3.63) is 64.3 Å². The van der Waals surface area contributed by atoms with E-state index in [2.05, 4.69) is 15.5 Å². The number of aromatic amines is 1. The molecular weight excluding hydrogens is 338 g/mol.